The molecule has 64 heavy (non-hydrogen) atoms. The molecule has 7 rings (SSSR count). The Morgan fingerprint density at radius 1 is 0.703 bits per heavy atom. The fraction of sp³-hybridized carbons (Fsp3) is 0.826. The van der Waals surface area contributed by atoms with Crippen molar-refractivity contribution in [2.75, 3.05) is 20.3 Å². The monoisotopic (exact) mass is 906 g/mol. The number of rotatable bonds is 12. The molecule has 0 unspecified atom stereocenters. The summed E-state index contributed by atoms with van der Waals surface area (Å²) in [7, 11) is 1.36. The van der Waals surface area contributed by atoms with E-state index in [4.69, 9.17) is 52.1 Å². The maximum Gasteiger partial charge on any atom is 0.331 e. The Hall–Kier alpha value is -3.68. The molecule has 4 aliphatic carbocycles. The molecule has 0 aromatic rings. The molecular formula is C46H66O18. The minimum Gasteiger partial charge on any atom is -0.458 e. The van der Waals surface area contributed by atoms with Crippen LogP contribution in [0.2, 0.25) is 0 Å². The zero-order valence-corrected chi connectivity index (χ0v) is 38.4. The molecule has 6 fully saturated rings. The summed E-state index contributed by atoms with van der Waals surface area (Å²) < 4.78 is 64.9. The molecule has 0 spiro atoms. The van der Waals surface area contributed by atoms with Gasteiger partial charge in [0.15, 0.2) is 43.1 Å². The van der Waals surface area contributed by atoms with Gasteiger partial charge in [0.1, 0.15) is 18.8 Å². The third-order valence-corrected chi connectivity index (χ3v) is 15.8. The molecule has 0 bridgehead atoms. The summed E-state index contributed by atoms with van der Waals surface area (Å²) in [6.07, 6.45) is -3.57. The average Bonchev–Trinajstić information content (AvgIpc) is 3.76. The number of hydrogen-bond acceptors (Lipinski definition) is 18. The lowest BCUT2D eigenvalue weighted by Gasteiger charge is -2.64. The number of aliphatic hydroxyl groups is 1. The highest BCUT2D eigenvalue weighted by molar-refractivity contribution is 5.85. The number of carbonyl (C=O) groups is 6. The molecule has 2 saturated heterocycles. The minimum absolute atomic E-state index is 0.0897. The van der Waals surface area contributed by atoms with Gasteiger partial charge in [-0.15, -0.1) is 0 Å². The van der Waals surface area contributed by atoms with Crippen LogP contribution in [0, 0.1) is 34.5 Å². The fourth-order valence-corrected chi connectivity index (χ4v) is 13.0. The van der Waals surface area contributed by atoms with Gasteiger partial charge in [-0.3, -0.25) is 24.0 Å². The highest BCUT2D eigenvalue weighted by atomic mass is 16.8. The maximum absolute atomic E-state index is 12.7. The van der Waals surface area contributed by atoms with Gasteiger partial charge in [0.2, 0.25) is 0 Å². The van der Waals surface area contributed by atoms with Crippen molar-refractivity contribution < 1.29 is 86.0 Å². The molecule has 358 valence electrons. The molecule has 0 aromatic carbocycles. The van der Waals surface area contributed by atoms with E-state index in [1.54, 1.807) is 13.0 Å². The lowest BCUT2D eigenvalue weighted by atomic mass is 9.43. The Morgan fingerprint density at radius 2 is 1.31 bits per heavy atom. The van der Waals surface area contributed by atoms with Crippen molar-refractivity contribution in [2.45, 2.75) is 186 Å². The molecule has 7 aliphatic rings. The maximum atomic E-state index is 12.7. The molecule has 1 N–H and O–H groups in total. The first-order valence-corrected chi connectivity index (χ1v) is 22.8. The van der Waals surface area contributed by atoms with Crippen molar-refractivity contribution in [2.24, 2.45) is 34.5 Å². The molecule has 4 saturated carbocycles. The highest BCUT2D eigenvalue weighted by Gasteiger charge is 2.68. The van der Waals surface area contributed by atoms with Crippen LogP contribution in [0.15, 0.2) is 11.6 Å². The van der Waals surface area contributed by atoms with Gasteiger partial charge in [0.05, 0.1) is 24.4 Å². The van der Waals surface area contributed by atoms with Crippen molar-refractivity contribution in [3.05, 3.63) is 11.6 Å². The van der Waals surface area contributed by atoms with Crippen LogP contribution in [0.1, 0.15) is 113 Å². The summed E-state index contributed by atoms with van der Waals surface area (Å²) in [5, 5.41) is 12.7. The van der Waals surface area contributed by atoms with E-state index in [9.17, 15) is 33.9 Å². The molecule has 18 atom stereocenters. The van der Waals surface area contributed by atoms with E-state index in [1.165, 1.54) is 41.7 Å². The zero-order valence-electron chi connectivity index (χ0n) is 38.4. The van der Waals surface area contributed by atoms with Gasteiger partial charge >= 0.3 is 35.8 Å². The molecule has 0 radical (unpaired) electrons. The summed E-state index contributed by atoms with van der Waals surface area (Å²) >= 11 is 0. The predicted molar refractivity (Wildman–Crippen MR) is 218 cm³/mol. The van der Waals surface area contributed by atoms with E-state index >= 15 is 0 Å². The first-order chi connectivity index (χ1) is 30.2. The molecule has 0 amide bonds. The predicted octanol–water partition coefficient (Wildman–Crippen LogP) is 3.79. The van der Waals surface area contributed by atoms with Gasteiger partial charge < -0.3 is 57.2 Å². The van der Waals surface area contributed by atoms with E-state index in [-0.39, 0.29) is 46.6 Å². The van der Waals surface area contributed by atoms with Gasteiger partial charge in [-0.2, -0.15) is 0 Å². The van der Waals surface area contributed by atoms with Crippen molar-refractivity contribution >= 4 is 35.8 Å². The van der Waals surface area contributed by atoms with Gasteiger partial charge in [-0.25, -0.2) is 4.79 Å². The van der Waals surface area contributed by atoms with E-state index in [1.807, 2.05) is 0 Å². The third-order valence-electron chi connectivity index (χ3n) is 15.8. The largest absolute Gasteiger partial charge is 0.458 e. The molecule has 18 heteroatoms. The van der Waals surface area contributed by atoms with Crippen LogP contribution in [0.5, 0.6) is 0 Å². The molecule has 3 aliphatic heterocycles. The minimum atomic E-state index is -1.39. The van der Waals surface area contributed by atoms with Crippen LogP contribution in [0.3, 0.4) is 0 Å². The molecule has 0 aromatic heterocycles. The number of esters is 6. The second kappa shape index (κ2) is 18.9. The SMILES string of the molecule is CO[C@@H]1[C@@H](OC(C)=O)[C@@H](OC[C@H]2O[C@@H](O[C@H]3CC[C@@]4(C)[C@@H](CC[C@H]5[C@H]4CC[C@]4(C)[C@H](C6=CC(=O)OC6)CC[C@]54O)C3)[C@H](OC(C)=O)[C@@H](OC(C)=O)[C@@H]2OC(C)=O)O[C@@H](C)[C@H]1OC(C)=O. The summed E-state index contributed by atoms with van der Waals surface area (Å²) in [5.41, 5.74) is -0.313. The smallest absolute Gasteiger partial charge is 0.331 e. The van der Waals surface area contributed by atoms with Gasteiger partial charge in [-0.1, -0.05) is 13.8 Å². The van der Waals surface area contributed by atoms with Gasteiger partial charge in [0.25, 0.3) is 0 Å². The number of hydrogen-bond donors (Lipinski definition) is 1. The Kier molecular flexibility index (Phi) is 14.3. The van der Waals surface area contributed by atoms with E-state index in [2.05, 4.69) is 13.8 Å². The topological polar surface area (TPSA) is 224 Å². The average molecular weight is 907 g/mol. The zero-order chi connectivity index (χ0) is 46.5. The van der Waals surface area contributed by atoms with E-state index in [0.717, 1.165) is 44.1 Å². The van der Waals surface area contributed by atoms with Crippen molar-refractivity contribution in [1.82, 2.24) is 0 Å². The lowest BCUT2D eigenvalue weighted by Crippen LogP contribution is -2.65. The fourth-order valence-electron chi connectivity index (χ4n) is 13.0. The van der Waals surface area contributed by atoms with Crippen LogP contribution in [-0.4, -0.2) is 134 Å². The summed E-state index contributed by atoms with van der Waals surface area (Å²) in [6.45, 7) is 12.1. The first-order valence-electron chi connectivity index (χ1n) is 22.8. The lowest BCUT2D eigenvalue weighted by molar-refractivity contribution is -0.339. The Morgan fingerprint density at radius 3 is 1.92 bits per heavy atom. The Balaban J connectivity index is 1.10. The summed E-state index contributed by atoms with van der Waals surface area (Å²) in [4.78, 5) is 74.3. The van der Waals surface area contributed by atoms with Crippen LogP contribution in [0.4, 0.5) is 0 Å². The van der Waals surface area contributed by atoms with Crippen LogP contribution >= 0.6 is 0 Å². The summed E-state index contributed by atoms with van der Waals surface area (Å²) in [6, 6.07) is 0. The normalized spacial score (nSPS) is 43.9. The van der Waals surface area contributed by atoms with Crippen LogP contribution in [-0.2, 0) is 80.9 Å². The number of fused-ring (bicyclic) bond motifs is 5. The van der Waals surface area contributed by atoms with Crippen molar-refractivity contribution in [3.63, 3.8) is 0 Å². The number of cyclic esters (lactones) is 1. The van der Waals surface area contributed by atoms with Crippen LogP contribution in [0.25, 0.3) is 0 Å². The third kappa shape index (κ3) is 9.20. The van der Waals surface area contributed by atoms with Crippen molar-refractivity contribution in [3.8, 4) is 0 Å². The number of methoxy groups -OCH3 is 1. The number of ether oxygens (including phenoxy) is 11. The van der Waals surface area contributed by atoms with E-state index in [0.29, 0.717) is 25.9 Å². The number of carbonyl (C=O) groups excluding carboxylic acids is 6. The molecule has 3 heterocycles. The summed E-state index contributed by atoms with van der Waals surface area (Å²) in [5.74, 6) is -3.08. The van der Waals surface area contributed by atoms with Gasteiger partial charge in [0, 0.05) is 53.2 Å². The molecule has 18 nitrogen and oxygen atoms in total. The quantitative estimate of drug-likeness (QED) is 0.167. The standard InChI is InChI=1S/C46H66O18/c1-22-36(58-23(2)47)38(54-9)40(61-26(5)50)42(57-22)56-21-34-37(59-24(3)48)39(60-25(4)49)41(62-27(6)51)43(64-34)63-30-12-15-44(7)29(19-30)10-11-33-32(44)13-16-45(8)31(14-17-46(33,45)53)28-18-35(52)55-20-28/h18,22,29-34,36-43,53H,10-17,19-21H2,1-9H3/t22-,29-,30-,31-,32+,33-,34+,36+,37+,38-,39-,40+,41+,42-,43+,44-,45+,46-/m0/s1. The van der Waals surface area contributed by atoms with Crippen LogP contribution < -0.4 is 0 Å². The second-order valence-corrected chi connectivity index (χ2v) is 19.5. The Labute approximate surface area is 373 Å². The first kappa shape index (κ1) is 48.3. The van der Waals surface area contributed by atoms with E-state index < -0.39 is 103 Å². The highest BCUT2D eigenvalue weighted by Crippen LogP contribution is 2.70. The molecular weight excluding hydrogens is 840 g/mol. The Bertz CT molecular complexity index is 1830. The second-order valence-electron chi connectivity index (χ2n) is 19.5. The van der Waals surface area contributed by atoms with Gasteiger partial charge in [-0.05, 0) is 99.4 Å². The van der Waals surface area contributed by atoms with Crippen molar-refractivity contribution in [1.29, 1.82) is 0 Å².